The van der Waals surface area contributed by atoms with Gasteiger partial charge in [0.1, 0.15) is 0 Å². The van der Waals surface area contributed by atoms with Gasteiger partial charge in [0.2, 0.25) is 0 Å². The number of hydrogen-bond donors (Lipinski definition) is 2. The van der Waals surface area contributed by atoms with E-state index in [4.69, 9.17) is 0 Å². The highest BCUT2D eigenvalue weighted by molar-refractivity contribution is 6.26. The molecule has 40 heavy (non-hydrogen) atoms. The van der Waals surface area contributed by atoms with E-state index in [9.17, 15) is 19.2 Å². The number of rotatable bonds is 11. The number of benzene rings is 4. The molecule has 202 valence electrons. The van der Waals surface area contributed by atoms with Crippen molar-refractivity contribution in [3.8, 4) is 0 Å². The molecule has 0 bridgehead atoms. The fourth-order valence-corrected chi connectivity index (χ4v) is 5.70. The summed E-state index contributed by atoms with van der Waals surface area (Å²) in [6.45, 7) is 3.19. The maximum atomic E-state index is 13.0. The summed E-state index contributed by atoms with van der Waals surface area (Å²) in [6, 6.07) is 22.2. The van der Waals surface area contributed by atoms with E-state index in [0.29, 0.717) is 48.4 Å². The van der Waals surface area contributed by atoms with Crippen LogP contribution in [0.2, 0.25) is 0 Å². The summed E-state index contributed by atoms with van der Waals surface area (Å²) in [5, 5.41) is 9.94. The lowest BCUT2D eigenvalue weighted by molar-refractivity contribution is 0.0596. The van der Waals surface area contributed by atoms with Crippen LogP contribution >= 0.6 is 0 Å². The third kappa shape index (κ3) is 4.55. The molecule has 0 radical (unpaired) electrons. The number of unbranched alkanes of at least 4 members (excludes halogenated alkanes) is 1. The van der Waals surface area contributed by atoms with Crippen LogP contribution in [0.15, 0.2) is 72.8 Å². The van der Waals surface area contributed by atoms with Crippen molar-refractivity contribution in [2.75, 3.05) is 39.3 Å². The molecule has 2 aliphatic rings. The van der Waals surface area contributed by atoms with E-state index in [2.05, 4.69) is 10.6 Å². The Kier molecular flexibility index (Phi) is 7.11. The Hall–Kier alpha value is -4.40. The Labute approximate surface area is 231 Å². The fourth-order valence-electron chi connectivity index (χ4n) is 5.70. The van der Waals surface area contributed by atoms with Crippen LogP contribution < -0.4 is 10.6 Å². The van der Waals surface area contributed by atoms with Crippen LogP contribution in [0.5, 0.6) is 0 Å². The highest BCUT2D eigenvalue weighted by Crippen LogP contribution is 2.31. The summed E-state index contributed by atoms with van der Waals surface area (Å²) >= 11 is 0. The standard InChI is InChI=1S/C32H30N4O4/c37-29-23-11-3-7-21-8-4-12-24(27(21)23)30(38)35(29)19-17-33-15-1-2-16-34-18-20-36-31(39)25-13-5-9-22-10-6-14-26(28(22)25)32(36)40/h3-14,33-34H,1-2,15-20H2. The smallest absolute Gasteiger partial charge is 0.261 e. The highest BCUT2D eigenvalue weighted by Gasteiger charge is 2.33. The first kappa shape index (κ1) is 25.9. The fraction of sp³-hybridized carbons (Fsp3) is 0.250. The molecule has 0 atom stereocenters. The first-order valence-electron chi connectivity index (χ1n) is 13.7. The van der Waals surface area contributed by atoms with Gasteiger partial charge in [-0.05, 0) is 61.0 Å². The molecule has 4 aromatic carbocycles. The van der Waals surface area contributed by atoms with Gasteiger partial charge < -0.3 is 10.6 Å². The Bertz CT molecular complexity index is 1440. The molecule has 2 aliphatic heterocycles. The Balaban J connectivity index is 0.905. The van der Waals surface area contributed by atoms with Crippen LogP contribution in [0.4, 0.5) is 0 Å². The molecule has 0 fully saturated rings. The van der Waals surface area contributed by atoms with Crippen LogP contribution in [0.25, 0.3) is 21.5 Å². The van der Waals surface area contributed by atoms with Crippen molar-refractivity contribution in [2.45, 2.75) is 12.8 Å². The zero-order valence-corrected chi connectivity index (χ0v) is 22.1. The van der Waals surface area contributed by atoms with Crippen LogP contribution in [0.3, 0.4) is 0 Å². The third-order valence-corrected chi connectivity index (χ3v) is 7.69. The van der Waals surface area contributed by atoms with Crippen molar-refractivity contribution in [1.82, 2.24) is 20.4 Å². The molecule has 0 saturated carbocycles. The molecule has 2 N–H and O–H groups in total. The number of nitrogens with zero attached hydrogens (tertiary/aromatic N) is 2. The molecule has 0 aromatic heterocycles. The van der Waals surface area contributed by atoms with Crippen molar-refractivity contribution in [1.29, 1.82) is 0 Å². The normalized spacial score (nSPS) is 14.6. The van der Waals surface area contributed by atoms with Crippen molar-refractivity contribution in [3.63, 3.8) is 0 Å². The van der Waals surface area contributed by atoms with Crippen LogP contribution in [-0.4, -0.2) is 72.7 Å². The summed E-state index contributed by atoms with van der Waals surface area (Å²) in [6.07, 6.45) is 1.82. The lowest BCUT2D eigenvalue weighted by Gasteiger charge is -2.27. The van der Waals surface area contributed by atoms with Crippen LogP contribution in [0.1, 0.15) is 54.3 Å². The molecule has 0 aliphatic carbocycles. The van der Waals surface area contributed by atoms with Gasteiger partial charge in [-0.1, -0.05) is 48.5 Å². The van der Waals surface area contributed by atoms with Gasteiger partial charge in [-0.15, -0.1) is 0 Å². The van der Waals surface area contributed by atoms with Gasteiger partial charge >= 0.3 is 0 Å². The van der Waals surface area contributed by atoms with E-state index in [1.807, 2.05) is 48.5 Å². The maximum Gasteiger partial charge on any atom is 0.261 e. The molecule has 8 heteroatoms. The molecular formula is C32H30N4O4. The summed E-state index contributed by atoms with van der Waals surface area (Å²) in [5.41, 5.74) is 2.31. The van der Waals surface area contributed by atoms with Crippen molar-refractivity contribution in [2.24, 2.45) is 0 Å². The second-order valence-corrected chi connectivity index (χ2v) is 10.1. The number of hydrogen-bond acceptors (Lipinski definition) is 6. The zero-order chi connectivity index (χ0) is 27.6. The second kappa shape index (κ2) is 11.0. The average molecular weight is 535 g/mol. The van der Waals surface area contributed by atoms with Gasteiger partial charge in [-0.2, -0.15) is 0 Å². The number of imide groups is 2. The van der Waals surface area contributed by atoms with Gasteiger partial charge in [0.25, 0.3) is 23.6 Å². The van der Waals surface area contributed by atoms with Crippen LogP contribution in [-0.2, 0) is 0 Å². The molecular weight excluding hydrogens is 504 g/mol. The predicted octanol–water partition coefficient (Wildman–Crippen LogP) is 3.84. The van der Waals surface area contributed by atoms with Gasteiger partial charge in [0.15, 0.2) is 0 Å². The molecule has 0 spiro atoms. The number of carbonyl (C=O) groups is 4. The van der Waals surface area contributed by atoms with Crippen molar-refractivity contribution < 1.29 is 19.2 Å². The molecule has 4 aromatic rings. The lowest BCUT2D eigenvalue weighted by Crippen LogP contribution is -2.44. The first-order chi connectivity index (χ1) is 19.6. The summed E-state index contributed by atoms with van der Waals surface area (Å²) < 4.78 is 0. The number of carbonyl (C=O) groups excluding carboxylic acids is 4. The maximum absolute atomic E-state index is 13.0. The van der Waals surface area contributed by atoms with E-state index in [0.717, 1.165) is 47.5 Å². The van der Waals surface area contributed by atoms with E-state index in [-0.39, 0.29) is 23.6 Å². The monoisotopic (exact) mass is 534 g/mol. The minimum absolute atomic E-state index is 0.244. The molecule has 4 amide bonds. The Morgan fingerprint density at radius 1 is 0.450 bits per heavy atom. The van der Waals surface area contributed by atoms with Crippen molar-refractivity contribution >= 4 is 45.2 Å². The topological polar surface area (TPSA) is 98.8 Å². The van der Waals surface area contributed by atoms with E-state index in [1.54, 1.807) is 24.3 Å². The first-order valence-corrected chi connectivity index (χ1v) is 13.7. The van der Waals surface area contributed by atoms with Gasteiger partial charge in [-0.25, -0.2) is 0 Å². The minimum atomic E-state index is -0.244. The highest BCUT2D eigenvalue weighted by atomic mass is 16.2. The van der Waals surface area contributed by atoms with Gasteiger partial charge in [0, 0.05) is 59.2 Å². The Morgan fingerprint density at radius 3 is 1.10 bits per heavy atom. The number of nitrogens with one attached hydrogen (secondary N) is 2. The molecule has 8 nitrogen and oxygen atoms in total. The molecule has 2 heterocycles. The largest absolute Gasteiger partial charge is 0.315 e. The second-order valence-electron chi connectivity index (χ2n) is 10.1. The lowest BCUT2D eigenvalue weighted by atomic mass is 9.94. The van der Waals surface area contributed by atoms with E-state index < -0.39 is 0 Å². The molecule has 0 saturated heterocycles. The summed E-state index contributed by atoms with van der Waals surface area (Å²) in [7, 11) is 0. The Morgan fingerprint density at radius 2 is 0.775 bits per heavy atom. The average Bonchev–Trinajstić information content (AvgIpc) is 2.98. The van der Waals surface area contributed by atoms with Gasteiger partial charge in [0.05, 0.1) is 0 Å². The van der Waals surface area contributed by atoms with Gasteiger partial charge in [-0.3, -0.25) is 29.0 Å². The number of amides is 4. The molecule has 0 unspecified atom stereocenters. The van der Waals surface area contributed by atoms with E-state index in [1.165, 1.54) is 9.80 Å². The minimum Gasteiger partial charge on any atom is -0.315 e. The van der Waals surface area contributed by atoms with Crippen LogP contribution in [0, 0.1) is 0 Å². The van der Waals surface area contributed by atoms with Crippen molar-refractivity contribution in [3.05, 3.63) is 95.1 Å². The third-order valence-electron chi connectivity index (χ3n) is 7.69. The summed E-state index contributed by atoms with van der Waals surface area (Å²) in [4.78, 5) is 54.5. The molecule has 6 rings (SSSR count). The predicted molar refractivity (Wildman–Crippen MR) is 154 cm³/mol. The quantitative estimate of drug-likeness (QED) is 0.224. The van der Waals surface area contributed by atoms with E-state index >= 15 is 0 Å². The SMILES string of the molecule is O=C1c2cccc3cccc(c23)C(=O)N1CCNCCCCNCCN1C(=O)c2cccc3cccc(c23)C1=O. The summed E-state index contributed by atoms with van der Waals surface area (Å²) in [5.74, 6) is -0.977. The zero-order valence-electron chi connectivity index (χ0n) is 22.1.